The summed E-state index contributed by atoms with van der Waals surface area (Å²) in [4.78, 5) is 21.5. The second kappa shape index (κ2) is 4.59. The van der Waals surface area contributed by atoms with Crippen LogP contribution in [-0.2, 0) is 6.42 Å². The van der Waals surface area contributed by atoms with E-state index in [-0.39, 0.29) is 11.1 Å². The van der Waals surface area contributed by atoms with Gasteiger partial charge in [-0.1, -0.05) is 19.4 Å². The Morgan fingerprint density at radius 1 is 1.20 bits per heavy atom. The fourth-order valence-corrected chi connectivity index (χ4v) is 1.40. The number of aryl methyl sites for hydroxylation is 1. The molecule has 0 radical (unpaired) electrons. The van der Waals surface area contributed by atoms with Crippen LogP contribution in [0.25, 0.3) is 0 Å². The monoisotopic (exact) mass is 208 g/mol. The molecule has 0 heterocycles. The topological polar surface area (TPSA) is 74.6 Å². The summed E-state index contributed by atoms with van der Waals surface area (Å²) in [5, 5.41) is 17.6. The summed E-state index contributed by atoms with van der Waals surface area (Å²) in [6.45, 7) is 1.94. The van der Waals surface area contributed by atoms with E-state index in [1.54, 1.807) is 6.07 Å². The highest BCUT2D eigenvalue weighted by atomic mass is 16.4. The van der Waals surface area contributed by atoms with Crippen molar-refractivity contribution in [1.29, 1.82) is 0 Å². The first kappa shape index (κ1) is 11.2. The summed E-state index contributed by atoms with van der Waals surface area (Å²) in [6.07, 6.45) is 1.47. The van der Waals surface area contributed by atoms with Crippen LogP contribution >= 0.6 is 0 Å². The lowest BCUT2D eigenvalue weighted by molar-refractivity contribution is 0.0695. The van der Waals surface area contributed by atoms with Crippen LogP contribution in [0.2, 0.25) is 0 Å². The summed E-state index contributed by atoms with van der Waals surface area (Å²) in [6, 6.07) is 4.20. The van der Waals surface area contributed by atoms with E-state index in [9.17, 15) is 9.59 Å². The molecule has 1 rings (SSSR count). The largest absolute Gasteiger partial charge is 0.478 e. The molecule has 0 atom stereocenters. The van der Waals surface area contributed by atoms with Crippen molar-refractivity contribution in [3.05, 3.63) is 34.9 Å². The van der Waals surface area contributed by atoms with Crippen molar-refractivity contribution < 1.29 is 19.8 Å². The van der Waals surface area contributed by atoms with Gasteiger partial charge in [-0.2, -0.15) is 0 Å². The summed E-state index contributed by atoms with van der Waals surface area (Å²) >= 11 is 0. The molecule has 4 nitrogen and oxygen atoms in total. The molecule has 0 aliphatic heterocycles. The van der Waals surface area contributed by atoms with Crippen LogP contribution < -0.4 is 0 Å². The van der Waals surface area contributed by atoms with E-state index in [2.05, 4.69) is 0 Å². The molecule has 0 saturated carbocycles. The van der Waals surface area contributed by atoms with Crippen molar-refractivity contribution >= 4 is 11.9 Å². The Balaban J connectivity index is 3.20. The molecule has 0 bridgehead atoms. The number of carboxylic acid groups (broad SMARTS) is 2. The van der Waals surface area contributed by atoms with Crippen molar-refractivity contribution in [2.45, 2.75) is 19.8 Å². The smallest absolute Gasteiger partial charge is 0.335 e. The average molecular weight is 208 g/mol. The number of hydrogen-bond donors (Lipinski definition) is 2. The van der Waals surface area contributed by atoms with Crippen LogP contribution in [0, 0.1) is 0 Å². The Labute approximate surface area is 87.2 Å². The Kier molecular flexibility index (Phi) is 3.44. The molecule has 4 heteroatoms. The van der Waals surface area contributed by atoms with Crippen LogP contribution in [0.4, 0.5) is 0 Å². The summed E-state index contributed by atoms with van der Waals surface area (Å²) in [5.74, 6) is -2.19. The highest BCUT2D eigenvalue weighted by molar-refractivity contribution is 5.94. The van der Waals surface area contributed by atoms with E-state index < -0.39 is 11.9 Å². The first-order chi connectivity index (χ1) is 7.06. The molecule has 0 aromatic heterocycles. The quantitative estimate of drug-likeness (QED) is 0.793. The van der Waals surface area contributed by atoms with Crippen molar-refractivity contribution in [3.63, 3.8) is 0 Å². The van der Waals surface area contributed by atoms with Gasteiger partial charge < -0.3 is 10.2 Å². The van der Waals surface area contributed by atoms with Crippen molar-refractivity contribution in [2.75, 3.05) is 0 Å². The molecule has 0 amide bonds. The predicted octanol–water partition coefficient (Wildman–Crippen LogP) is 2.04. The van der Waals surface area contributed by atoms with Gasteiger partial charge in [0, 0.05) is 0 Å². The third-order valence-electron chi connectivity index (χ3n) is 2.11. The van der Waals surface area contributed by atoms with Crippen LogP contribution in [0.15, 0.2) is 18.2 Å². The molecule has 80 valence electrons. The van der Waals surface area contributed by atoms with Crippen molar-refractivity contribution in [2.24, 2.45) is 0 Å². The second-order valence-corrected chi connectivity index (χ2v) is 3.23. The van der Waals surface area contributed by atoms with E-state index >= 15 is 0 Å². The molecule has 0 unspecified atom stereocenters. The SMILES string of the molecule is CCCc1ccc(C(=O)O)cc1C(=O)O. The molecule has 0 fully saturated rings. The maximum absolute atomic E-state index is 10.9. The Morgan fingerprint density at radius 2 is 1.87 bits per heavy atom. The summed E-state index contributed by atoms with van der Waals surface area (Å²) in [5.41, 5.74) is 0.763. The van der Waals surface area contributed by atoms with Gasteiger partial charge in [0.05, 0.1) is 11.1 Å². The minimum absolute atomic E-state index is 0.00672. The fraction of sp³-hybridized carbons (Fsp3) is 0.273. The van der Waals surface area contributed by atoms with Gasteiger partial charge in [0.15, 0.2) is 0 Å². The summed E-state index contributed by atoms with van der Waals surface area (Å²) in [7, 11) is 0. The van der Waals surface area contributed by atoms with Gasteiger partial charge in [0.1, 0.15) is 0 Å². The molecule has 1 aromatic carbocycles. The molecule has 0 aliphatic rings. The zero-order chi connectivity index (χ0) is 11.4. The molecule has 0 aliphatic carbocycles. The zero-order valence-corrected chi connectivity index (χ0v) is 8.36. The number of hydrogen-bond acceptors (Lipinski definition) is 2. The highest BCUT2D eigenvalue weighted by Gasteiger charge is 2.12. The molecule has 2 N–H and O–H groups in total. The van der Waals surface area contributed by atoms with Crippen LogP contribution in [-0.4, -0.2) is 22.2 Å². The molecular weight excluding hydrogens is 196 g/mol. The first-order valence-corrected chi connectivity index (χ1v) is 4.65. The minimum atomic E-state index is -1.11. The number of carboxylic acids is 2. The van der Waals surface area contributed by atoms with Crippen LogP contribution in [0.3, 0.4) is 0 Å². The Hall–Kier alpha value is -1.84. The average Bonchev–Trinajstić information content (AvgIpc) is 2.18. The standard InChI is InChI=1S/C11H12O4/c1-2-3-7-4-5-8(10(12)13)6-9(7)11(14)15/h4-6H,2-3H2,1H3,(H,12,13)(H,14,15). The third kappa shape index (κ3) is 2.56. The van der Waals surface area contributed by atoms with Gasteiger partial charge in [-0.05, 0) is 24.1 Å². The van der Waals surface area contributed by atoms with Crippen LogP contribution in [0.1, 0.15) is 39.6 Å². The molecule has 0 saturated heterocycles. The van der Waals surface area contributed by atoms with Gasteiger partial charge in [-0.3, -0.25) is 0 Å². The number of aromatic carboxylic acids is 2. The van der Waals surface area contributed by atoms with Crippen molar-refractivity contribution in [3.8, 4) is 0 Å². The van der Waals surface area contributed by atoms with E-state index in [0.29, 0.717) is 12.0 Å². The minimum Gasteiger partial charge on any atom is -0.478 e. The van der Waals surface area contributed by atoms with Gasteiger partial charge >= 0.3 is 11.9 Å². The van der Waals surface area contributed by atoms with E-state index in [0.717, 1.165) is 6.42 Å². The number of carbonyl (C=O) groups is 2. The van der Waals surface area contributed by atoms with E-state index in [1.165, 1.54) is 12.1 Å². The van der Waals surface area contributed by atoms with Crippen LogP contribution in [0.5, 0.6) is 0 Å². The third-order valence-corrected chi connectivity index (χ3v) is 2.11. The lowest BCUT2D eigenvalue weighted by Crippen LogP contribution is -2.06. The molecular formula is C11H12O4. The molecule has 15 heavy (non-hydrogen) atoms. The van der Waals surface area contributed by atoms with Gasteiger partial charge in [-0.25, -0.2) is 9.59 Å². The van der Waals surface area contributed by atoms with Gasteiger partial charge in [-0.15, -0.1) is 0 Å². The summed E-state index contributed by atoms with van der Waals surface area (Å²) < 4.78 is 0. The predicted molar refractivity (Wildman–Crippen MR) is 54.4 cm³/mol. The number of rotatable bonds is 4. The van der Waals surface area contributed by atoms with E-state index in [4.69, 9.17) is 10.2 Å². The number of benzene rings is 1. The zero-order valence-electron chi connectivity index (χ0n) is 8.36. The Morgan fingerprint density at radius 3 is 2.33 bits per heavy atom. The fourth-order valence-electron chi connectivity index (χ4n) is 1.40. The first-order valence-electron chi connectivity index (χ1n) is 4.65. The van der Waals surface area contributed by atoms with Crippen molar-refractivity contribution in [1.82, 2.24) is 0 Å². The maximum atomic E-state index is 10.9. The highest BCUT2D eigenvalue weighted by Crippen LogP contribution is 2.14. The lowest BCUT2D eigenvalue weighted by atomic mass is 10.0. The second-order valence-electron chi connectivity index (χ2n) is 3.23. The lowest BCUT2D eigenvalue weighted by Gasteiger charge is -2.05. The van der Waals surface area contributed by atoms with E-state index in [1.807, 2.05) is 6.92 Å². The molecule has 1 aromatic rings. The Bertz CT molecular complexity index is 396. The van der Waals surface area contributed by atoms with Gasteiger partial charge in [0.2, 0.25) is 0 Å². The molecule has 0 spiro atoms. The van der Waals surface area contributed by atoms with Gasteiger partial charge in [0.25, 0.3) is 0 Å². The maximum Gasteiger partial charge on any atom is 0.335 e. The normalized spacial score (nSPS) is 9.93.